The number of pyridine rings is 1. The van der Waals surface area contributed by atoms with Crippen LogP contribution in [0.3, 0.4) is 0 Å². The Morgan fingerprint density at radius 3 is 2.24 bits per heavy atom. The number of anilines is 2. The van der Waals surface area contributed by atoms with Gasteiger partial charge in [0.05, 0.1) is 18.4 Å². The Bertz CT molecular complexity index is 1400. The van der Waals surface area contributed by atoms with Gasteiger partial charge in [0.2, 0.25) is 0 Å². The Kier molecular flexibility index (Phi) is 6.54. The van der Waals surface area contributed by atoms with E-state index in [9.17, 15) is 14.4 Å². The first kappa shape index (κ1) is 22.5. The second kappa shape index (κ2) is 9.86. The van der Waals surface area contributed by atoms with E-state index >= 15 is 0 Å². The number of hydrogen-bond donors (Lipinski definition) is 2. The average Bonchev–Trinajstić information content (AvgIpc) is 2.84. The summed E-state index contributed by atoms with van der Waals surface area (Å²) in [6.07, 6.45) is 1.74. The number of methoxy groups -OCH3 is 1. The molecule has 2 heterocycles. The SMILES string of the molecule is COC(=O)c1ccc(NC(=O)Nc2ccc(OCc3cc(=O)n4cc(C)ccc4n3)cc2)cc1. The van der Waals surface area contributed by atoms with Crippen LogP contribution in [0.25, 0.3) is 5.65 Å². The van der Waals surface area contributed by atoms with E-state index in [1.807, 2.05) is 13.0 Å². The highest BCUT2D eigenvalue weighted by Crippen LogP contribution is 2.18. The van der Waals surface area contributed by atoms with Crippen LogP contribution in [0.2, 0.25) is 0 Å². The molecule has 4 aromatic rings. The molecule has 0 bridgehead atoms. The van der Waals surface area contributed by atoms with Gasteiger partial charge in [0.1, 0.15) is 18.0 Å². The Morgan fingerprint density at radius 1 is 0.941 bits per heavy atom. The standard InChI is InChI=1S/C25H22N4O5/c1-16-3-12-22-26-20(13-23(30)29(22)14-16)15-34-21-10-8-19(9-11-21)28-25(32)27-18-6-4-17(5-7-18)24(31)33-2/h3-14H,15H2,1-2H3,(H2,27,28,32). The van der Waals surface area contributed by atoms with Gasteiger partial charge in [-0.25, -0.2) is 14.6 Å². The number of benzene rings is 2. The van der Waals surface area contributed by atoms with Gasteiger partial charge in [-0.3, -0.25) is 9.20 Å². The van der Waals surface area contributed by atoms with E-state index < -0.39 is 12.0 Å². The quantitative estimate of drug-likeness (QED) is 0.422. The number of carbonyl (C=O) groups is 2. The average molecular weight is 458 g/mol. The lowest BCUT2D eigenvalue weighted by Gasteiger charge is -2.10. The number of aryl methyl sites for hydroxylation is 1. The second-order valence-electron chi connectivity index (χ2n) is 7.48. The first-order chi connectivity index (χ1) is 16.4. The number of amides is 2. The van der Waals surface area contributed by atoms with Crippen molar-refractivity contribution in [2.75, 3.05) is 17.7 Å². The second-order valence-corrected chi connectivity index (χ2v) is 7.48. The van der Waals surface area contributed by atoms with Crippen LogP contribution in [-0.2, 0) is 11.3 Å². The Hall–Kier alpha value is -4.66. The summed E-state index contributed by atoms with van der Waals surface area (Å²) >= 11 is 0. The summed E-state index contributed by atoms with van der Waals surface area (Å²) in [5, 5.41) is 5.40. The Morgan fingerprint density at radius 2 is 1.59 bits per heavy atom. The van der Waals surface area contributed by atoms with Crippen LogP contribution in [0.4, 0.5) is 16.2 Å². The first-order valence-electron chi connectivity index (χ1n) is 10.4. The predicted octanol–water partition coefficient (Wildman–Crippen LogP) is 4.01. The molecule has 34 heavy (non-hydrogen) atoms. The van der Waals surface area contributed by atoms with Crippen molar-refractivity contribution in [2.45, 2.75) is 13.5 Å². The van der Waals surface area contributed by atoms with Crippen LogP contribution in [0.5, 0.6) is 5.75 Å². The summed E-state index contributed by atoms with van der Waals surface area (Å²) in [5.74, 6) is 0.118. The fraction of sp³-hybridized carbons (Fsp3) is 0.120. The highest BCUT2D eigenvalue weighted by molar-refractivity contribution is 6.00. The summed E-state index contributed by atoms with van der Waals surface area (Å²) in [5.41, 5.74) is 3.36. The van der Waals surface area contributed by atoms with Gasteiger partial charge in [0.15, 0.2) is 0 Å². The molecule has 0 aliphatic rings. The fourth-order valence-corrected chi connectivity index (χ4v) is 3.22. The van der Waals surface area contributed by atoms with E-state index in [1.54, 1.807) is 60.8 Å². The first-order valence-corrected chi connectivity index (χ1v) is 10.4. The highest BCUT2D eigenvalue weighted by atomic mass is 16.5. The summed E-state index contributed by atoms with van der Waals surface area (Å²) < 4.78 is 11.9. The van der Waals surface area contributed by atoms with E-state index in [2.05, 4.69) is 20.4 Å². The van der Waals surface area contributed by atoms with Gasteiger partial charge in [-0.05, 0) is 67.1 Å². The van der Waals surface area contributed by atoms with Gasteiger partial charge >= 0.3 is 12.0 Å². The molecular formula is C25H22N4O5. The molecule has 0 saturated carbocycles. The van der Waals surface area contributed by atoms with Crippen molar-refractivity contribution >= 4 is 29.0 Å². The zero-order valence-electron chi connectivity index (χ0n) is 18.6. The largest absolute Gasteiger partial charge is 0.487 e. The van der Waals surface area contributed by atoms with Crippen LogP contribution in [-0.4, -0.2) is 28.5 Å². The summed E-state index contributed by atoms with van der Waals surface area (Å²) in [6.45, 7) is 2.04. The van der Waals surface area contributed by atoms with Crippen LogP contribution in [0.15, 0.2) is 77.7 Å². The molecule has 2 aromatic heterocycles. The number of carbonyl (C=O) groups excluding carboxylic acids is 2. The molecule has 0 unspecified atom stereocenters. The molecular weight excluding hydrogens is 436 g/mol. The molecule has 172 valence electrons. The molecule has 0 spiro atoms. The number of aromatic nitrogens is 2. The maximum absolute atomic E-state index is 12.3. The van der Waals surface area contributed by atoms with Gasteiger partial charge in [0, 0.05) is 23.6 Å². The number of rotatable bonds is 6. The van der Waals surface area contributed by atoms with Crippen molar-refractivity contribution < 1.29 is 19.1 Å². The number of hydrogen-bond acceptors (Lipinski definition) is 6. The number of nitrogens with zero attached hydrogens (tertiary/aromatic N) is 2. The lowest BCUT2D eigenvalue weighted by Crippen LogP contribution is -2.19. The summed E-state index contributed by atoms with van der Waals surface area (Å²) in [4.78, 5) is 40.5. The lowest BCUT2D eigenvalue weighted by atomic mass is 10.2. The van der Waals surface area contributed by atoms with E-state index in [4.69, 9.17) is 4.74 Å². The fourth-order valence-electron chi connectivity index (χ4n) is 3.22. The smallest absolute Gasteiger partial charge is 0.337 e. The molecule has 9 heteroatoms. The number of fused-ring (bicyclic) bond motifs is 1. The van der Waals surface area contributed by atoms with Gasteiger partial charge in [-0.1, -0.05) is 6.07 Å². The van der Waals surface area contributed by atoms with Crippen molar-refractivity contribution in [1.82, 2.24) is 9.38 Å². The number of ether oxygens (including phenoxy) is 2. The van der Waals surface area contributed by atoms with Crippen molar-refractivity contribution in [3.8, 4) is 5.75 Å². The van der Waals surface area contributed by atoms with Gasteiger partial charge in [-0.15, -0.1) is 0 Å². The van der Waals surface area contributed by atoms with Crippen LogP contribution in [0.1, 0.15) is 21.6 Å². The normalized spacial score (nSPS) is 10.5. The predicted molar refractivity (Wildman–Crippen MR) is 127 cm³/mol. The molecule has 9 nitrogen and oxygen atoms in total. The van der Waals surface area contributed by atoms with Crippen molar-refractivity contribution in [3.63, 3.8) is 0 Å². The molecule has 0 aliphatic heterocycles. The van der Waals surface area contributed by atoms with E-state index in [0.29, 0.717) is 34.0 Å². The Labute approximate surface area is 195 Å². The molecule has 0 atom stereocenters. The summed E-state index contributed by atoms with van der Waals surface area (Å²) in [7, 11) is 1.31. The molecule has 2 amide bonds. The van der Waals surface area contributed by atoms with E-state index in [1.165, 1.54) is 17.6 Å². The number of nitrogens with one attached hydrogen (secondary N) is 2. The number of esters is 1. The zero-order chi connectivity index (χ0) is 24.1. The van der Waals surface area contributed by atoms with Gasteiger partial charge < -0.3 is 20.1 Å². The molecule has 2 N–H and O–H groups in total. The van der Waals surface area contributed by atoms with Crippen molar-refractivity contribution in [2.24, 2.45) is 0 Å². The molecule has 0 radical (unpaired) electrons. The molecule has 4 rings (SSSR count). The lowest BCUT2D eigenvalue weighted by molar-refractivity contribution is 0.0600. The minimum atomic E-state index is -0.447. The van der Waals surface area contributed by atoms with Crippen molar-refractivity contribution in [3.05, 3.63) is 100 Å². The molecule has 0 aliphatic carbocycles. The van der Waals surface area contributed by atoms with Crippen LogP contribution in [0, 0.1) is 6.92 Å². The monoisotopic (exact) mass is 458 g/mol. The van der Waals surface area contributed by atoms with Crippen LogP contribution < -0.4 is 20.9 Å². The molecule has 0 fully saturated rings. The third kappa shape index (κ3) is 5.39. The van der Waals surface area contributed by atoms with E-state index in [0.717, 1.165) is 5.56 Å². The molecule has 0 saturated heterocycles. The Balaban J connectivity index is 1.33. The third-order valence-corrected chi connectivity index (χ3v) is 4.92. The minimum Gasteiger partial charge on any atom is -0.487 e. The summed E-state index contributed by atoms with van der Waals surface area (Å²) in [6, 6.07) is 17.8. The zero-order valence-corrected chi connectivity index (χ0v) is 18.6. The number of urea groups is 1. The maximum atomic E-state index is 12.3. The van der Waals surface area contributed by atoms with Gasteiger partial charge in [0.25, 0.3) is 5.56 Å². The van der Waals surface area contributed by atoms with Crippen molar-refractivity contribution in [1.29, 1.82) is 0 Å². The van der Waals surface area contributed by atoms with Gasteiger partial charge in [-0.2, -0.15) is 0 Å². The third-order valence-electron chi connectivity index (χ3n) is 4.92. The maximum Gasteiger partial charge on any atom is 0.337 e. The molecule has 2 aromatic carbocycles. The minimum absolute atomic E-state index is 0.133. The highest BCUT2D eigenvalue weighted by Gasteiger charge is 2.08. The van der Waals surface area contributed by atoms with E-state index in [-0.39, 0.29) is 12.2 Å². The topological polar surface area (TPSA) is 111 Å². The van der Waals surface area contributed by atoms with Crippen LogP contribution >= 0.6 is 0 Å².